The van der Waals surface area contributed by atoms with Gasteiger partial charge in [-0.25, -0.2) is 0 Å². The number of aliphatic hydroxyl groups excluding tert-OH is 1. The zero-order chi connectivity index (χ0) is 20.4. The van der Waals surface area contributed by atoms with Crippen LogP contribution in [0.25, 0.3) is 22.1 Å². The molecule has 2 aromatic carbocycles. The largest absolute Gasteiger partial charge is 0.507 e. The predicted octanol–water partition coefficient (Wildman–Crippen LogP) is 3.04. The summed E-state index contributed by atoms with van der Waals surface area (Å²) in [5.41, 5.74) is 2.26. The van der Waals surface area contributed by atoms with Crippen LogP contribution in [-0.2, 0) is 6.54 Å². The van der Waals surface area contributed by atoms with Crippen LogP contribution < -0.4 is 5.43 Å². The Bertz CT molecular complexity index is 1060. The van der Waals surface area contributed by atoms with Gasteiger partial charge in [-0.15, -0.1) is 0 Å². The Morgan fingerprint density at radius 3 is 2.38 bits per heavy atom. The average molecular weight is 459 g/mol. The number of aliphatic hydroxyl groups is 1. The molecule has 1 saturated heterocycles. The lowest BCUT2D eigenvalue weighted by Gasteiger charge is -2.34. The molecule has 152 valence electrons. The van der Waals surface area contributed by atoms with Crippen LogP contribution in [0, 0.1) is 0 Å². The number of hydrogen-bond donors (Lipinski definition) is 2. The molecule has 1 fully saturated rings. The van der Waals surface area contributed by atoms with E-state index in [0.717, 1.165) is 36.2 Å². The van der Waals surface area contributed by atoms with E-state index >= 15 is 0 Å². The average Bonchev–Trinajstić information content (AvgIpc) is 2.73. The number of nitrogens with zero attached hydrogens (tertiary/aromatic N) is 2. The second kappa shape index (κ2) is 8.67. The number of piperazine rings is 1. The number of β-amino-alcohol motifs (C(OH)–C–C–N with tert-alkyl or cyclic N) is 1. The first-order valence-corrected chi connectivity index (χ1v) is 10.4. The molecule has 1 aliphatic heterocycles. The minimum Gasteiger partial charge on any atom is -0.507 e. The lowest BCUT2D eigenvalue weighted by atomic mass is 10.0. The van der Waals surface area contributed by atoms with Gasteiger partial charge >= 0.3 is 0 Å². The van der Waals surface area contributed by atoms with E-state index in [4.69, 9.17) is 9.52 Å². The number of phenols is 1. The number of phenolic OH excluding ortho intramolecular Hbond substituents is 1. The molecule has 0 aliphatic carbocycles. The molecule has 1 aromatic heterocycles. The predicted molar refractivity (Wildman–Crippen MR) is 116 cm³/mol. The Kier molecular flexibility index (Phi) is 6.01. The molecule has 6 nitrogen and oxygen atoms in total. The van der Waals surface area contributed by atoms with Crippen LogP contribution in [0.15, 0.2) is 56.3 Å². The van der Waals surface area contributed by atoms with Gasteiger partial charge < -0.3 is 14.6 Å². The molecule has 2 N–H and O–H groups in total. The van der Waals surface area contributed by atoms with Crippen LogP contribution >= 0.6 is 15.9 Å². The number of fused-ring (bicyclic) bond motifs is 1. The van der Waals surface area contributed by atoms with Crippen LogP contribution in [0.2, 0.25) is 0 Å². The molecule has 0 atom stereocenters. The smallest absolute Gasteiger partial charge is 0.200 e. The maximum atomic E-state index is 13.1. The number of benzene rings is 2. The van der Waals surface area contributed by atoms with E-state index < -0.39 is 0 Å². The summed E-state index contributed by atoms with van der Waals surface area (Å²) in [6.45, 7) is 4.75. The molecule has 29 heavy (non-hydrogen) atoms. The fraction of sp³-hybridized carbons (Fsp3) is 0.318. The second-order valence-electron chi connectivity index (χ2n) is 7.27. The van der Waals surface area contributed by atoms with Gasteiger partial charge in [0.2, 0.25) is 5.43 Å². The number of rotatable bonds is 5. The topological polar surface area (TPSA) is 77.2 Å². The first-order chi connectivity index (χ1) is 14.1. The van der Waals surface area contributed by atoms with Crippen molar-refractivity contribution in [2.75, 3.05) is 39.3 Å². The fourth-order valence-electron chi connectivity index (χ4n) is 3.76. The van der Waals surface area contributed by atoms with Gasteiger partial charge in [-0.3, -0.25) is 14.6 Å². The molecule has 3 aromatic rings. The summed E-state index contributed by atoms with van der Waals surface area (Å²) in [4.78, 5) is 17.5. The van der Waals surface area contributed by atoms with Crippen molar-refractivity contribution < 1.29 is 14.6 Å². The van der Waals surface area contributed by atoms with Gasteiger partial charge in [0, 0.05) is 43.7 Å². The summed E-state index contributed by atoms with van der Waals surface area (Å²) >= 11 is 3.40. The lowest BCUT2D eigenvalue weighted by Crippen LogP contribution is -2.46. The van der Waals surface area contributed by atoms with Crippen molar-refractivity contribution >= 4 is 26.9 Å². The molecule has 0 unspecified atom stereocenters. The maximum Gasteiger partial charge on any atom is 0.200 e. The van der Waals surface area contributed by atoms with Crippen molar-refractivity contribution in [3.8, 4) is 16.9 Å². The normalized spacial score (nSPS) is 15.8. The molecule has 0 spiro atoms. The van der Waals surface area contributed by atoms with Crippen molar-refractivity contribution in [1.29, 1.82) is 0 Å². The Labute approximate surface area is 177 Å². The number of hydrogen-bond acceptors (Lipinski definition) is 6. The van der Waals surface area contributed by atoms with Crippen LogP contribution in [0.5, 0.6) is 5.75 Å². The van der Waals surface area contributed by atoms with Crippen LogP contribution in [0.3, 0.4) is 0 Å². The molecule has 1 aliphatic rings. The Hall–Kier alpha value is -2.19. The van der Waals surface area contributed by atoms with E-state index in [1.807, 2.05) is 24.3 Å². The summed E-state index contributed by atoms with van der Waals surface area (Å²) in [6.07, 6.45) is 1.48. The molecule has 4 rings (SSSR count). The summed E-state index contributed by atoms with van der Waals surface area (Å²) in [5, 5.41) is 20.0. The van der Waals surface area contributed by atoms with Gasteiger partial charge in [0.1, 0.15) is 17.6 Å². The van der Waals surface area contributed by atoms with Gasteiger partial charge in [0.05, 0.1) is 23.1 Å². The molecule has 7 heteroatoms. The van der Waals surface area contributed by atoms with Gasteiger partial charge in [-0.05, 0) is 29.8 Å². The minimum atomic E-state index is -0.109. The van der Waals surface area contributed by atoms with E-state index in [1.165, 1.54) is 6.26 Å². The molecule has 0 radical (unpaired) electrons. The first kappa shape index (κ1) is 20.1. The standard InChI is InChI=1S/C22H23BrN2O4/c23-16-3-1-15(2-4-16)19-14-29-22-17(21(19)28)5-6-20(27)18(22)13-25-9-7-24(8-10-25)11-12-26/h1-6,14,26-27H,7-13H2. The summed E-state index contributed by atoms with van der Waals surface area (Å²) in [7, 11) is 0. The minimum absolute atomic E-state index is 0.109. The first-order valence-electron chi connectivity index (χ1n) is 9.64. The van der Waals surface area contributed by atoms with Crippen LogP contribution in [-0.4, -0.2) is 59.3 Å². The van der Waals surface area contributed by atoms with Gasteiger partial charge in [-0.2, -0.15) is 0 Å². The molecular formula is C22H23BrN2O4. The maximum absolute atomic E-state index is 13.1. The van der Waals surface area contributed by atoms with Gasteiger partial charge in [0.25, 0.3) is 0 Å². The SMILES string of the molecule is O=c1c(-c2ccc(Br)cc2)coc2c(CN3CCN(CCO)CC3)c(O)ccc12. The highest BCUT2D eigenvalue weighted by atomic mass is 79.9. The second-order valence-corrected chi connectivity index (χ2v) is 8.18. The molecule has 0 saturated carbocycles. The highest BCUT2D eigenvalue weighted by Crippen LogP contribution is 2.29. The van der Waals surface area contributed by atoms with Gasteiger partial charge in [0.15, 0.2) is 0 Å². The number of halogens is 1. The van der Waals surface area contributed by atoms with Crippen molar-refractivity contribution in [3.63, 3.8) is 0 Å². The van der Waals surface area contributed by atoms with Gasteiger partial charge in [-0.1, -0.05) is 28.1 Å². The monoisotopic (exact) mass is 458 g/mol. The van der Waals surface area contributed by atoms with Crippen molar-refractivity contribution in [1.82, 2.24) is 9.80 Å². The van der Waals surface area contributed by atoms with E-state index in [1.54, 1.807) is 12.1 Å². The Morgan fingerprint density at radius 1 is 1.00 bits per heavy atom. The third kappa shape index (κ3) is 4.23. The summed E-state index contributed by atoms with van der Waals surface area (Å²) in [6, 6.07) is 10.7. The third-order valence-electron chi connectivity index (χ3n) is 5.44. The Balaban J connectivity index is 1.65. The van der Waals surface area contributed by atoms with E-state index in [9.17, 15) is 9.90 Å². The molecule has 2 heterocycles. The Morgan fingerprint density at radius 2 is 1.69 bits per heavy atom. The lowest BCUT2D eigenvalue weighted by molar-refractivity contribution is 0.108. The fourth-order valence-corrected chi connectivity index (χ4v) is 4.03. The third-order valence-corrected chi connectivity index (χ3v) is 5.97. The molecule has 0 bridgehead atoms. The molecular weight excluding hydrogens is 436 g/mol. The van der Waals surface area contributed by atoms with E-state index in [-0.39, 0.29) is 17.8 Å². The van der Waals surface area contributed by atoms with Crippen molar-refractivity contribution in [2.24, 2.45) is 0 Å². The van der Waals surface area contributed by atoms with E-state index in [2.05, 4.69) is 25.7 Å². The highest BCUT2D eigenvalue weighted by Gasteiger charge is 2.21. The highest BCUT2D eigenvalue weighted by molar-refractivity contribution is 9.10. The van der Waals surface area contributed by atoms with E-state index in [0.29, 0.717) is 35.2 Å². The summed E-state index contributed by atoms with van der Waals surface area (Å²) in [5.74, 6) is 0.134. The van der Waals surface area contributed by atoms with Crippen molar-refractivity contribution in [2.45, 2.75) is 6.54 Å². The van der Waals surface area contributed by atoms with Crippen LogP contribution in [0.4, 0.5) is 0 Å². The zero-order valence-electron chi connectivity index (χ0n) is 16.0. The zero-order valence-corrected chi connectivity index (χ0v) is 17.6. The van der Waals surface area contributed by atoms with Crippen molar-refractivity contribution in [3.05, 3.63) is 62.9 Å². The number of aromatic hydroxyl groups is 1. The quantitative estimate of drug-likeness (QED) is 0.611. The summed E-state index contributed by atoms with van der Waals surface area (Å²) < 4.78 is 6.82. The van der Waals surface area contributed by atoms with Crippen LogP contribution in [0.1, 0.15) is 5.56 Å². The molecule has 0 amide bonds.